The van der Waals surface area contributed by atoms with E-state index in [9.17, 15) is 4.79 Å². The molecule has 0 radical (unpaired) electrons. The minimum absolute atomic E-state index is 0.147. The average Bonchev–Trinajstić information content (AvgIpc) is 2.97. The van der Waals surface area contributed by atoms with Crippen molar-refractivity contribution >= 4 is 39.5 Å². The summed E-state index contributed by atoms with van der Waals surface area (Å²) in [6.07, 6.45) is 7.27. The molecule has 1 aliphatic carbocycles. The van der Waals surface area contributed by atoms with Gasteiger partial charge in [-0.25, -0.2) is 4.98 Å². The summed E-state index contributed by atoms with van der Waals surface area (Å²) in [4.78, 5) is 18.6. The van der Waals surface area contributed by atoms with Gasteiger partial charge in [0.1, 0.15) is 18.2 Å². The van der Waals surface area contributed by atoms with Crippen molar-refractivity contribution in [3.05, 3.63) is 117 Å². The molecule has 6 rings (SSSR count). The number of fused-ring (bicyclic) bond motifs is 2. The van der Waals surface area contributed by atoms with Gasteiger partial charge in [0.05, 0.1) is 17.1 Å². The van der Waals surface area contributed by atoms with Gasteiger partial charge in [-0.3, -0.25) is 4.79 Å². The second-order valence-electron chi connectivity index (χ2n) is 9.76. The first-order valence-corrected chi connectivity index (χ1v) is 13.5. The van der Waals surface area contributed by atoms with Crippen LogP contribution in [0.1, 0.15) is 55.0 Å². The first-order chi connectivity index (χ1) is 18.7. The van der Waals surface area contributed by atoms with E-state index >= 15 is 0 Å². The monoisotopic (exact) mass is 521 g/mol. The van der Waals surface area contributed by atoms with Gasteiger partial charge in [-0.2, -0.15) is 9.78 Å². The Morgan fingerprint density at radius 1 is 0.895 bits per heavy atom. The number of rotatable bonds is 6. The van der Waals surface area contributed by atoms with Gasteiger partial charge in [0, 0.05) is 22.1 Å². The van der Waals surface area contributed by atoms with Gasteiger partial charge in [0.25, 0.3) is 5.56 Å². The molecule has 4 aromatic carbocycles. The largest absolute Gasteiger partial charge is 0.488 e. The molecule has 0 saturated heterocycles. The van der Waals surface area contributed by atoms with E-state index in [2.05, 4.69) is 6.07 Å². The van der Waals surface area contributed by atoms with Crippen molar-refractivity contribution in [3.8, 4) is 5.75 Å². The maximum absolute atomic E-state index is 13.7. The van der Waals surface area contributed by atoms with Gasteiger partial charge < -0.3 is 4.74 Å². The summed E-state index contributed by atoms with van der Waals surface area (Å²) in [6, 6.07) is 27.2. The second-order valence-corrected chi connectivity index (χ2v) is 10.2. The Bertz CT molecular complexity index is 1700. The van der Waals surface area contributed by atoms with Crippen molar-refractivity contribution in [2.45, 2.75) is 44.6 Å². The fourth-order valence-corrected chi connectivity index (χ4v) is 5.49. The standard InChI is InChI=1S/C32H28ClN3O2/c33-28-16-8-5-13-24(28)21-38-30-19-18-22-10-4-6-14-25(22)27(30)20-34-36-31(23-11-2-1-3-12-23)35-29-17-9-7-15-26(29)32(36)37/h4-10,13-20,23H,1-3,11-12,21H2. The molecule has 0 N–H and O–H groups in total. The molecule has 0 spiro atoms. The van der Waals surface area contributed by atoms with Gasteiger partial charge in [0.2, 0.25) is 0 Å². The van der Waals surface area contributed by atoms with E-state index in [1.807, 2.05) is 78.9 Å². The minimum atomic E-state index is -0.147. The number of halogens is 1. The third kappa shape index (κ3) is 4.82. The molecule has 0 amide bonds. The number of ether oxygens (including phenoxy) is 1. The van der Waals surface area contributed by atoms with Crippen molar-refractivity contribution in [2.75, 3.05) is 0 Å². The maximum atomic E-state index is 13.7. The van der Waals surface area contributed by atoms with Gasteiger partial charge in [-0.15, -0.1) is 0 Å². The van der Waals surface area contributed by atoms with Crippen LogP contribution in [0.25, 0.3) is 21.7 Å². The van der Waals surface area contributed by atoms with Crippen LogP contribution in [0.3, 0.4) is 0 Å². The predicted molar refractivity (Wildman–Crippen MR) is 155 cm³/mol. The van der Waals surface area contributed by atoms with Gasteiger partial charge in [-0.05, 0) is 47.9 Å². The highest BCUT2D eigenvalue weighted by atomic mass is 35.5. The summed E-state index contributed by atoms with van der Waals surface area (Å²) < 4.78 is 7.78. The van der Waals surface area contributed by atoms with Crippen molar-refractivity contribution in [3.63, 3.8) is 0 Å². The zero-order valence-electron chi connectivity index (χ0n) is 21.0. The molecule has 0 aliphatic heterocycles. The van der Waals surface area contributed by atoms with Crippen molar-refractivity contribution < 1.29 is 4.74 Å². The van der Waals surface area contributed by atoms with E-state index in [-0.39, 0.29) is 11.5 Å². The SMILES string of the molecule is O=c1c2ccccc2nc(C2CCCCC2)n1N=Cc1c(OCc2ccccc2Cl)ccc2ccccc12. The van der Waals surface area contributed by atoms with Crippen LogP contribution in [0, 0.1) is 0 Å². The van der Waals surface area contributed by atoms with Crippen LogP contribution in [-0.2, 0) is 6.61 Å². The fourth-order valence-electron chi connectivity index (χ4n) is 5.30. The zero-order chi connectivity index (χ0) is 25.9. The van der Waals surface area contributed by atoms with Crippen molar-refractivity contribution in [1.29, 1.82) is 0 Å². The highest BCUT2D eigenvalue weighted by molar-refractivity contribution is 6.31. The van der Waals surface area contributed by atoms with E-state index in [1.165, 1.54) is 11.1 Å². The highest BCUT2D eigenvalue weighted by Gasteiger charge is 2.22. The normalized spacial score (nSPS) is 14.4. The Labute approximate surface area is 226 Å². The lowest BCUT2D eigenvalue weighted by atomic mass is 9.88. The Hall–Kier alpha value is -3.96. The van der Waals surface area contributed by atoms with Crippen LogP contribution in [0.4, 0.5) is 0 Å². The van der Waals surface area contributed by atoms with E-state index in [1.54, 1.807) is 6.21 Å². The predicted octanol–water partition coefficient (Wildman–Crippen LogP) is 7.71. The highest BCUT2D eigenvalue weighted by Crippen LogP contribution is 2.32. The number of benzene rings is 4. The molecule has 1 aliphatic rings. The van der Waals surface area contributed by atoms with Crippen LogP contribution in [0.15, 0.2) is 94.8 Å². The Morgan fingerprint density at radius 2 is 1.63 bits per heavy atom. The molecule has 38 heavy (non-hydrogen) atoms. The lowest BCUT2D eigenvalue weighted by Crippen LogP contribution is -2.25. The molecule has 1 saturated carbocycles. The summed E-state index contributed by atoms with van der Waals surface area (Å²) >= 11 is 6.37. The fraction of sp³-hybridized carbons (Fsp3) is 0.219. The summed E-state index contributed by atoms with van der Waals surface area (Å²) in [5, 5.41) is 8.08. The Balaban J connectivity index is 1.46. The molecular weight excluding hydrogens is 494 g/mol. The molecule has 0 atom stereocenters. The smallest absolute Gasteiger partial charge is 0.282 e. The number of nitrogens with zero attached hydrogens (tertiary/aromatic N) is 3. The number of aromatic nitrogens is 2. The lowest BCUT2D eigenvalue weighted by molar-refractivity contribution is 0.306. The molecule has 0 bridgehead atoms. The molecule has 1 heterocycles. The summed E-state index contributed by atoms with van der Waals surface area (Å²) in [5.74, 6) is 1.62. The topological polar surface area (TPSA) is 56.5 Å². The van der Waals surface area contributed by atoms with E-state index in [4.69, 9.17) is 26.4 Å². The van der Waals surface area contributed by atoms with E-state index < -0.39 is 0 Å². The van der Waals surface area contributed by atoms with Crippen LogP contribution in [0.5, 0.6) is 5.75 Å². The van der Waals surface area contributed by atoms with Gasteiger partial charge in [0.15, 0.2) is 0 Å². The summed E-state index contributed by atoms with van der Waals surface area (Å²) in [7, 11) is 0. The second kappa shape index (κ2) is 10.8. The first kappa shape index (κ1) is 24.4. The quantitative estimate of drug-likeness (QED) is 0.215. The van der Waals surface area contributed by atoms with Crippen LogP contribution in [0.2, 0.25) is 5.02 Å². The van der Waals surface area contributed by atoms with Gasteiger partial charge >= 0.3 is 0 Å². The van der Waals surface area contributed by atoms with Crippen LogP contribution >= 0.6 is 11.6 Å². The summed E-state index contributed by atoms with van der Waals surface area (Å²) in [6.45, 7) is 0.323. The molecule has 6 heteroatoms. The van der Waals surface area contributed by atoms with E-state index in [0.29, 0.717) is 22.8 Å². The molecule has 0 unspecified atom stereocenters. The Morgan fingerprint density at radius 3 is 2.47 bits per heavy atom. The zero-order valence-corrected chi connectivity index (χ0v) is 21.8. The van der Waals surface area contributed by atoms with Crippen LogP contribution in [-0.4, -0.2) is 15.9 Å². The Kier molecular flexibility index (Phi) is 6.93. The minimum Gasteiger partial charge on any atom is -0.488 e. The average molecular weight is 522 g/mol. The molecule has 1 fully saturated rings. The third-order valence-electron chi connectivity index (χ3n) is 7.32. The number of hydrogen-bond donors (Lipinski definition) is 0. The number of para-hydroxylation sites is 1. The van der Waals surface area contributed by atoms with Crippen molar-refractivity contribution in [1.82, 2.24) is 9.66 Å². The molecule has 1 aromatic heterocycles. The first-order valence-electron chi connectivity index (χ1n) is 13.1. The molecular formula is C32H28ClN3O2. The maximum Gasteiger partial charge on any atom is 0.282 e. The molecule has 5 aromatic rings. The van der Waals surface area contributed by atoms with E-state index in [0.717, 1.165) is 58.9 Å². The van der Waals surface area contributed by atoms with Crippen LogP contribution < -0.4 is 10.3 Å². The van der Waals surface area contributed by atoms with Gasteiger partial charge in [-0.1, -0.05) is 91.5 Å². The molecule has 5 nitrogen and oxygen atoms in total. The lowest BCUT2D eigenvalue weighted by Gasteiger charge is -2.22. The third-order valence-corrected chi connectivity index (χ3v) is 7.69. The van der Waals surface area contributed by atoms with Crippen molar-refractivity contribution in [2.24, 2.45) is 5.10 Å². The summed E-state index contributed by atoms with van der Waals surface area (Å²) in [5.41, 5.74) is 2.29. The number of hydrogen-bond acceptors (Lipinski definition) is 4. The molecule has 190 valence electrons.